The van der Waals surface area contributed by atoms with Gasteiger partial charge in [-0.05, 0) is 31.0 Å². The van der Waals surface area contributed by atoms with Crippen molar-refractivity contribution >= 4 is 5.82 Å². The van der Waals surface area contributed by atoms with Crippen LogP contribution < -0.4 is 14.8 Å². The maximum atomic E-state index is 5.86. The number of aryl methyl sites for hydroxylation is 1. The Hall–Kier alpha value is -2.30. The van der Waals surface area contributed by atoms with Crippen LogP contribution in [-0.4, -0.2) is 24.1 Å². The van der Waals surface area contributed by atoms with Crippen LogP contribution in [0.1, 0.15) is 18.1 Å². The number of hydrogen-bond donors (Lipinski definition) is 1. The maximum absolute atomic E-state index is 5.86. The number of nitrogens with zero attached hydrogens (tertiary/aromatic N) is 2. The van der Waals surface area contributed by atoms with E-state index >= 15 is 0 Å². The number of anilines is 1. The third kappa shape index (κ3) is 2.82. The van der Waals surface area contributed by atoms with Crippen LogP contribution >= 0.6 is 0 Å². The van der Waals surface area contributed by atoms with E-state index in [9.17, 15) is 0 Å². The highest BCUT2D eigenvalue weighted by molar-refractivity contribution is 5.50. The van der Waals surface area contributed by atoms with Gasteiger partial charge in [-0.1, -0.05) is 13.0 Å². The third-order valence-electron chi connectivity index (χ3n) is 3.12. The Bertz CT molecular complexity index is 600. The van der Waals surface area contributed by atoms with E-state index < -0.39 is 0 Å². The first-order chi connectivity index (χ1) is 9.69. The quantitative estimate of drug-likeness (QED) is 0.906. The molecule has 1 aromatic carbocycles. The summed E-state index contributed by atoms with van der Waals surface area (Å²) in [4.78, 5) is 8.31. The van der Waals surface area contributed by atoms with Gasteiger partial charge in [0, 0.05) is 7.05 Å². The first kappa shape index (κ1) is 14.1. The molecule has 20 heavy (non-hydrogen) atoms. The molecule has 0 saturated carbocycles. The van der Waals surface area contributed by atoms with Gasteiger partial charge in [0.05, 0.1) is 12.7 Å². The summed E-state index contributed by atoms with van der Waals surface area (Å²) in [6, 6.07) is 5.90. The van der Waals surface area contributed by atoms with Crippen molar-refractivity contribution in [2.45, 2.75) is 20.3 Å². The minimum absolute atomic E-state index is 0.520. The summed E-state index contributed by atoms with van der Waals surface area (Å²) in [5.74, 6) is 2.62. The van der Waals surface area contributed by atoms with Crippen molar-refractivity contribution in [1.82, 2.24) is 9.97 Å². The lowest BCUT2D eigenvalue weighted by Gasteiger charge is -2.13. The smallest absolute Gasteiger partial charge is 0.227 e. The highest BCUT2D eigenvalue weighted by atomic mass is 16.5. The molecule has 0 radical (unpaired) electrons. The number of hydrogen-bond acceptors (Lipinski definition) is 5. The normalized spacial score (nSPS) is 10.2. The Labute approximate surface area is 119 Å². The van der Waals surface area contributed by atoms with Crippen LogP contribution in [0.4, 0.5) is 5.82 Å². The van der Waals surface area contributed by atoms with Crippen LogP contribution in [0.3, 0.4) is 0 Å². The molecular weight excluding hydrogens is 254 g/mol. The molecular formula is C15H19N3O2. The maximum Gasteiger partial charge on any atom is 0.227 e. The van der Waals surface area contributed by atoms with Crippen LogP contribution in [0, 0.1) is 6.92 Å². The zero-order chi connectivity index (χ0) is 14.5. The van der Waals surface area contributed by atoms with E-state index in [1.165, 1.54) is 11.9 Å². The average molecular weight is 273 g/mol. The fourth-order valence-corrected chi connectivity index (χ4v) is 1.91. The zero-order valence-electron chi connectivity index (χ0n) is 12.2. The molecule has 0 bridgehead atoms. The van der Waals surface area contributed by atoms with E-state index in [0.717, 1.165) is 17.8 Å². The molecule has 5 nitrogen and oxygen atoms in total. The first-order valence-corrected chi connectivity index (χ1v) is 6.53. The van der Waals surface area contributed by atoms with Crippen molar-refractivity contribution in [3.05, 3.63) is 35.7 Å². The number of rotatable bonds is 5. The SMILES string of the molecule is CCc1ccc(Oc2ncnc(NC)c2C)c(OC)c1. The van der Waals surface area contributed by atoms with Gasteiger partial charge < -0.3 is 14.8 Å². The van der Waals surface area contributed by atoms with Gasteiger partial charge in [-0.15, -0.1) is 0 Å². The van der Waals surface area contributed by atoms with E-state index in [0.29, 0.717) is 17.4 Å². The van der Waals surface area contributed by atoms with Crippen molar-refractivity contribution in [2.75, 3.05) is 19.5 Å². The summed E-state index contributed by atoms with van der Waals surface area (Å²) >= 11 is 0. The number of nitrogens with one attached hydrogen (secondary N) is 1. The van der Waals surface area contributed by atoms with Gasteiger partial charge in [-0.2, -0.15) is 0 Å². The molecule has 1 heterocycles. The van der Waals surface area contributed by atoms with Crippen molar-refractivity contribution in [1.29, 1.82) is 0 Å². The molecule has 1 N–H and O–H groups in total. The summed E-state index contributed by atoms with van der Waals surface area (Å²) in [7, 11) is 3.45. The van der Waals surface area contributed by atoms with E-state index in [4.69, 9.17) is 9.47 Å². The molecule has 106 valence electrons. The largest absolute Gasteiger partial charge is 0.493 e. The molecule has 2 aromatic rings. The molecule has 0 aliphatic rings. The summed E-state index contributed by atoms with van der Waals surface area (Å²) < 4.78 is 11.2. The van der Waals surface area contributed by atoms with Gasteiger partial charge >= 0.3 is 0 Å². The minimum Gasteiger partial charge on any atom is -0.493 e. The highest BCUT2D eigenvalue weighted by Crippen LogP contribution is 2.33. The van der Waals surface area contributed by atoms with Crippen LogP contribution in [0.25, 0.3) is 0 Å². The Morgan fingerprint density at radius 3 is 2.65 bits per heavy atom. The fourth-order valence-electron chi connectivity index (χ4n) is 1.91. The third-order valence-corrected chi connectivity index (χ3v) is 3.12. The second-order valence-electron chi connectivity index (χ2n) is 4.34. The molecule has 0 saturated heterocycles. The van der Waals surface area contributed by atoms with Gasteiger partial charge in [0.15, 0.2) is 11.5 Å². The van der Waals surface area contributed by atoms with Gasteiger partial charge in [0.1, 0.15) is 12.1 Å². The van der Waals surface area contributed by atoms with Gasteiger partial charge in [0.2, 0.25) is 5.88 Å². The molecule has 0 spiro atoms. The summed E-state index contributed by atoms with van der Waals surface area (Å²) in [6.07, 6.45) is 2.42. The Balaban J connectivity index is 2.35. The predicted octanol–water partition coefficient (Wildman–Crippen LogP) is 3.19. The lowest BCUT2D eigenvalue weighted by Crippen LogP contribution is -2.00. The highest BCUT2D eigenvalue weighted by Gasteiger charge is 2.11. The molecule has 0 atom stereocenters. The van der Waals surface area contributed by atoms with Gasteiger partial charge in [-0.3, -0.25) is 0 Å². The monoisotopic (exact) mass is 273 g/mol. The van der Waals surface area contributed by atoms with Crippen LogP contribution in [0.15, 0.2) is 24.5 Å². The molecule has 5 heteroatoms. The number of methoxy groups -OCH3 is 1. The molecule has 0 aliphatic heterocycles. The Morgan fingerprint density at radius 1 is 1.20 bits per heavy atom. The average Bonchev–Trinajstić information content (AvgIpc) is 2.49. The van der Waals surface area contributed by atoms with Crippen LogP contribution in [-0.2, 0) is 6.42 Å². The summed E-state index contributed by atoms with van der Waals surface area (Å²) in [6.45, 7) is 4.01. The molecule has 0 fully saturated rings. The fraction of sp³-hybridized carbons (Fsp3) is 0.333. The zero-order valence-corrected chi connectivity index (χ0v) is 12.2. The molecule has 0 amide bonds. The van der Waals surface area contributed by atoms with E-state index in [-0.39, 0.29) is 0 Å². The van der Waals surface area contributed by atoms with Crippen molar-refractivity contribution in [2.24, 2.45) is 0 Å². The van der Waals surface area contributed by atoms with Crippen molar-refractivity contribution < 1.29 is 9.47 Å². The Morgan fingerprint density at radius 2 is 2.00 bits per heavy atom. The number of benzene rings is 1. The van der Waals surface area contributed by atoms with Gasteiger partial charge in [-0.25, -0.2) is 9.97 Å². The van der Waals surface area contributed by atoms with Crippen LogP contribution in [0.5, 0.6) is 17.4 Å². The number of ether oxygens (including phenoxy) is 2. The Kier molecular flexibility index (Phi) is 4.40. The summed E-state index contributed by atoms with van der Waals surface area (Å²) in [5.41, 5.74) is 2.06. The molecule has 1 aromatic heterocycles. The predicted molar refractivity (Wildman–Crippen MR) is 78.8 cm³/mol. The van der Waals surface area contributed by atoms with Crippen LogP contribution in [0.2, 0.25) is 0 Å². The van der Waals surface area contributed by atoms with E-state index in [2.05, 4.69) is 22.2 Å². The van der Waals surface area contributed by atoms with Crippen molar-refractivity contribution in [3.63, 3.8) is 0 Å². The molecule has 2 rings (SSSR count). The van der Waals surface area contributed by atoms with E-state index in [1.807, 2.05) is 32.2 Å². The topological polar surface area (TPSA) is 56.3 Å². The summed E-state index contributed by atoms with van der Waals surface area (Å²) in [5, 5.41) is 3.01. The molecule has 0 unspecified atom stereocenters. The lowest BCUT2D eigenvalue weighted by atomic mass is 10.1. The second kappa shape index (κ2) is 6.23. The van der Waals surface area contributed by atoms with Gasteiger partial charge in [0.25, 0.3) is 0 Å². The lowest BCUT2D eigenvalue weighted by molar-refractivity contribution is 0.372. The second-order valence-corrected chi connectivity index (χ2v) is 4.34. The van der Waals surface area contributed by atoms with Crippen molar-refractivity contribution in [3.8, 4) is 17.4 Å². The molecule has 0 aliphatic carbocycles. The standard InChI is InChI=1S/C15H19N3O2/c1-5-11-6-7-12(13(8-11)19-4)20-15-10(2)14(16-3)17-9-18-15/h6-9H,5H2,1-4H3,(H,16,17,18). The minimum atomic E-state index is 0.520. The first-order valence-electron chi connectivity index (χ1n) is 6.53. The number of aromatic nitrogens is 2. The van der Waals surface area contributed by atoms with E-state index in [1.54, 1.807) is 7.11 Å².